The van der Waals surface area contributed by atoms with Gasteiger partial charge in [0, 0.05) is 17.3 Å². The second kappa shape index (κ2) is 10.2. The number of hydrogen-bond donors (Lipinski definition) is 1. The summed E-state index contributed by atoms with van der Waals surface area (Å²) in [7, 11) is 1.61. The molecule has 0 aliphatic heterocycles. The van der Waals surface area contributed by atoms with Crippen molar-refractivity contribution in [2.75, 3.05) is 13.7 Å². The van der Waals surface area contributed by atoms with Gasteiger partial charge in [0.15, 0.2) is 6.61 Å². The van der Waals surface area contributed by atoms with Crippen molar-refractivity contribution < 1.29 is 18.7 Å². The predicted octanol–water partition coefficient (Wildman–Crippen LogP) is 4.22. The van der Waals surface area contributed by atoms with Crippen LogP contribution in [0.2, 0.25) is 0 Å². The van der Waals surface area contributed by atoms with Crippen molar-refractivity contribution in [3.63, 3.8) is 0 Å². The Morgan fingerprint density at radius 2 is 1.73 bits per heavy atom. The first kappa shape index (κ1) is 21.8. The lowest BCUT2D eigenvalue weighted by molar-refractivity contribution is -0.123. The predicted molar refractivity (Wildman–Crippen MR) is 123 cm³/mol. The topological polar surface area (TPSA) is 77.7 Å². The summed E-state index contributed by atoms with van der Waals surface area (Å²) in [6.45, 7) is -0.252. The Bertz CT molecular complexity index is 1240. The summed E-state index contributed by atoms with van der Waals surface area (Å²) in [5.74, 6) is 0.309. The van der Waals surface area contributed by atoms with E-state index >= 15 is 0 Å². The van der Waals surface area contributed by atoms with Gasteiger partial charge in [-0.1, -0.05) is 18.2 Å². The number of nitrogens with one attached hydrogen (secondary N) is 1. The first-order valence-corrected chi connectivity index (χ1v) is 10.1. The number of carbonyl (C=O) groups excluding carboxylic acids is 1. The van der Waals surface area contributed by atoms with Gasteiger partial charge in [0.1, 0.15) is 23.0 Å². The first-order valence-electron chi connectivity index (χ1n) is 10.1. The van der Waals surface area contributed by atoms with Crippen LogP contribution in [0.1, 0.15) is 5.56 Å². The molecule has 0 saturated heterocycles. The Morgan fingerprint density at radius 3 is 2.42 bits per heavy atom. The highest BCUT2D eigenvalue weighted by atomic mass is 19.1. The third-order valence-electron chi connectivity index (χ3n) is 4.70. The molecule has 0 saturated carbocycles. The molecule has 0 radical (unpaired) electrons. The number of hydrogen-bond acceptors (Lipinski definition) is 5. The number of benzene rings is 3. The molecule has 1 aromatic heterocycles. The lowest BCUT2D eigenvalue weighted by atomic mass is 10.1. The molecule has 3 aromatic carbocycles. The van der Waals surface area contributed by atoms with E-state index in [0.717, 1.165) is 17.0 Å². The van der Waals surface area contributed by atoms with Crippen molar-refractivity contribution >= 4 is 12.1 Å². The van der Waals surface area contributed by atoms with Crippen molar-refractivity contribution in [3.05, 3.63) is 96.4 Å². The lowest BCUT2D eigenvalue weighted by Gasteiger charge is -2.04. The number of para-hydroxylation sites is 1. The van der Waals surface area contributed by atoms with Crippen molar-refractivity contribution in [1.82, 2.24) is 15.2 Å². The molecule has 33 heavy (non-hydrogen) atoms. The number of hydrazone groups is 1. The van der Waals surface area contributed by atoms with Gasteiger partial charge >= 0.3 is 0 Å². The van der Waals surface area contributed by atoms with Gasteiger partial charge < -0.3 is 9.47 Å². The summed E-state index contributed by atoms with van der Waals surface area (Å²) in [5, 5.41) is 8.76. The maximum absolute atomic E-state index is 12.9. The van der Waals surface area contributed by atoms with Crippen molar-refractivity contribution in [2.24, 2.45) is 5.10 Å². The molecule has 0 spiro atoms. The quantitative estimate of drug-likeness (QED) is 0.326. The third-order valence-corrected chi connectivity index (χ3v) is 4.70. The number of aromatic nitrogens is 2. The smallest absolute Gasteiger partial charge is 0.277 e. The van der Waals surface area contributed by atoms with Crippen LogP contribution in [-0.2, 0) is 4.79 Å². The molecule has 0 aliphatic rings. The third kappa shape index (κ3) is 5.62. The maximum atomic E-state index is 12.9. The van der Waals surface area contributed by atoms with Crippen LogP contribution in [0.4, 0.5) is 4.39 Å². The Morgan fingerprint density at radius 1 is 1.03 bits per heavy atom. The zero-order chi connectivity index (χ0) is 23.0. The van der Waals surface area contributed by atoms with Crippen LogP contribution in [0.3, 0.4) is 0 Å². The summed E-state index contributed by atoms with van der Waals surface area (Å²) in [6, 6.07) is 22.6. The Labute approximate surface area is 190 Å². The normalized spacial score (nSPS) is 10.8. The van der Waals surface area contributed by atoms with Gasteiger partial charge in [-0.25, -0.2) is 14.5 Å². The molecule has 0 bridgehead atoms. The molecule has 0 fully saturated rings. The van der Waals surface area contributed by atoms with E-state index in [1.165, 1.54) is 30.5 Å². The van der Waals surface area contributed by atoms with Gasteiger partial charge in [0.2, 0.25) is 0 Å². The number of methoxy groups -OCH3 is 1. The Balaban J connectivity index is 1.50. The number of ether oxygens (including phenoxy) is 2. The van der Waals surface area contributed by atoms with Crippen molar-refractivity contribution in [1.29, 1.82) is 0 Å². The fourth-order valence-electron chi connectivity index (χ4n) is 3.05. The van der Waals surface area contributed by atoms with Gasteiger partial charge in [0.05, 0.1) is 19.0 Å². The molecule has 166 valence electrons. The maximum Gasteiger partial charge on any atom is 0.277 e. The summed E-state index contributed by atoms with van der Waals surface area (Å²) in [4.78, 5) is 12.1. The molecule has 0 unspecified atom stereocenters. The van der Waals surface area contributed by atoms with Crippen LogP contribution in [0.25, 0.3) is 16.9 Å². The number of carbonyl (C=O) groups is 1. The fourth-order valence-corrected chi connectivity index (χ4v) is 3.05. The van der Waals surface area contributed by atoms with E-state index in [1.807, 2.05) is 60.8 Å². The minimum absolute atomic E-state index is 0.252. The second-order valence-corrected chi connectivity index (χ2v) is 6.98. The average Bonchev–Trinajstić information content (AvgIpc) is 3.28. The van der Waals surface area contributed by atoms with Gasteiger partial charge in [0.25, 0.3) is 5.91 Å². The van der Waals surface area contributed by atoms with Crippen LogP contribution in [0.15, 0.2) is 90.2 Å². The molecule has 1 N–H and O–H groups in total. The van der Waals surface area contributed by atoms with E-state index in [0.29, 0.717) is 17.0 Å². The van der Waals surface area contributed by atoms with Crippen LogP contribution >= 0.6 is 0 Å². The highest BCUT2D eigenvalue weighted by Crippen LogP contribution is 2.25. The van der Waals surface area contributed by atoms with E-state index in [1.54, 1.807) is 11.8 Å². The van der Waals surface area contributed by atoms with E-state index in [9.17, 15) is 9.18 Å². The molecule has 1 heterocycles. The zero-order valence-corrected chi connectivity index (χ0v) is 17.8. The number of nitrogens with zero attached hydrogens (tertiary/aromatic N) is 3. The Hall–Kier alpha value is -4.46. The molecule has 0 aliphatic carbocycles. The minimum atomic E-state index is -0.447. The average molecular weight is 444 g/mol. The highest BCUT2D eigenvalue weighted by Gasteiger charge is 2.12. The SMILES string of the molecule is COc1ccc(-c2nn(-c3ccccc3)cc2/C=N/NC(=O)COc2ccc(F)cc2)cc1. The summed E-state index contributed by atoms with van der Waals surface area (Å²) in [6.07, 6.45) is 3.36. The molecule has 8 heteroatoms. The monoisotopic (exact) mass is 444 g/mol. The number of halogens is 1. The van der Waals surface area contributed by atoms with Crippen molar-refractivity contribution in [2.45, 2.75) is 0 Å². The van der Waals surface area contributed by atoms with E-state index in [-0.39, 0.29) is 12.4 Å². The number of amides is 1. The molecule has 7 nitrogen and oxygen atoms in total. The summed E-state index contributed by atoms with van der Waals surface area (Å²) < 4.78 is 25.3. The zero-order valence-electron chi connectivity index (χ0n) is 17.8. The Kier molecular flexibility index (Phi) is 6.75. The van der Waals surface area contributed by atoms with E-state index < -0.39 is 5.91 Å². The van der Waals surface area contributed by atoms with Crippen LogP contribution in [0, 0.1) is 5.82 Å². The highest BCUT2D eigenvalue weighted by molar-refractivity contribution is 5.89. The largest absolute Gasteiger partial charge is 0.497 e. The molecular weight excluding hydrogens is 423 g/mol. The van der Waals surface area contributed by atoms with Gasteiger partial charge in [-0.3, -0.25) is 4.79 Å². The van der Waals surface area contributed by atoms with Crippen molar-refractivity contribution in [3.8, 4) is 28.4 Å². The molecule has 0 atom stereocenters. The lowest BCUT2D eigenvalue weighted by Crippen LogP contribution is -2.24. The van der Waals surface area contributed by atoms with Gasteiger partial charge in [-0.05, 0) is 60.7 Å². The van der Waals surface area contributed by atoms with E-state index in [4.69, 9.17) is 14.6 Å². The minimum Gasteiger partial charge on any atom is -0.497 e. The fraction of sp³-hybridized carbons (Fsp3) is 0.0800. The summed E-state index contributed by atoms with van der Waals surface area (Å²) in [5.41, 5.74) is 5.61. The molecule has 4 aromatic rings. The van der Waals surface area contributed by atoms with Crippen LogP contribution in [0.5, 0.6) is 11.5 Å². The van der Waals surface area contributed by atoms with Gasteiger partial charge in [-0.2, -0.15) is 10.2 Å². The first-order chi connectivity index (χ1) is 16.1. The van der Waals surface area contributed by atoms with E-state index in [2.05, 4.69) is 10.5 Å². The molecule has 1 amide bonds. The summed E-state index contributed by atoms with van der Waals surface area (Å²) >= 11 is 0. The van der Waals surface area contributed by atoms with Crippen LogP contribution in [-0.4, -0.2) is 35.6 Å². The molecular formula is C25H21FN4O3. The van der Waals surface area contributed by atoms with Crippen LogP contribution < -0.4 is 14.9 Å². The standard InChI is InChI=1S/C25H21FN4O3/c1-32-22-11-7-18(8-12-22)25-19(16-30(29-25)21-5-3-2-4-6-21)15-27-28-24(31)17-33-23-13-9-20(26)10-14-23/h2-16H,17H2,1H3,(H,28,31)/b27-15+. The molecule has 4 rings (SSSR count). The second-order valence-electron chi connectivity index (χ2n) is 6.98. The number of rotatable bonds is 8. The van der Waals surface area contributed by atoms with Gasteiger partial charge in [-0.15, -0.1) is 0 Å².